The lowest BCUT2D eigenvalue weighted by Crippen LogP contribution is -2.48. The van der Waals surface area contributed by atoms with E-state index in [1.165, 1.54) is 5.56 Å². The third kappa shape index (κ3) is 3.81. The zero-order valence-corrected chi connectivity index (χ0v) is 13.9. The summed E-state index contributed by atoms with van der Waals surface area (Å²) in [5.74, 6) is 0.261. The van der Waals surface area contributed by atoms with Gasteiger partial charge in [-0.2, -0.15) is 11.3 Å². The summed E-state index contributed by atoms with van der Waals surface area (Å²) >= 11 is 7.73. The van der Waals surface area contributed by atoms with Crippen LogP contribution in [0.1, 0.15) is 12.0 Å². The predicted molar refractivity (Wildman–Crippen MR) is 92.9 cm³/mol. The Hall–Kier alpha value is -1.52. The first-order chi connectivity index (χ1) is 10.7. The second-order valence-corrected chi connectivity index (χ2v) is 6.70. The number of halogens is 1. The van der Waals surface area contributed by atoms with Gasteiger partial charge in [-0.1, -0.05) is 17.7 Å². The first kappa shape index (κ1) is 15.4. The summed E-state index contributed by atoms with van der Waals surface area (Å²) in [5.41, 5.74) is 2.40. The monoisotopic (exact) mass is 334 g/mol. The third-order valence-electron chi connectivity index (χ3n) is 4.01. The smallest absolute Gasteiger partial charge is 0.223 e. The number of nitrogens with zero attached hydrogens (tertiary/aromatic N) is 2. The minimum atomic E-state index is 0.261. The van der Waals surface area contributed by atoms with Crippen LogP contribution < -0.4 is 4.90 Å². The van der Waals surface area contributed by atoms with Crippen LogP contribution in [0.2, 0.25) is 5.02 Å². The van der Waals surface area contributed by atoms with Crippen LogP contribution in [0.5, 0.6) is 0 Å². The standard InChI is InChI=1S/C17H19ClN2OS/c18-15-2-1-3-16(12-15)19-7-9-20(10-8-19)17(21)5-4-14-6-11-22-13-14/h1-3,6,11-13H,4-5,7-10H2. The lowest BCUT2D eigenvalue weighted by atomic mass is 10.1. The van der Waals surface area contributed by atoms with E-state index in [9.17, 15) is 4.79 Å². The molecule has 3 nitrogen and oxygen atoms in total. The Morgan fingerprint density at radius 3 is 2.68 bits per heavy atom. The van der Waals surface area contributed by atoms with Crippen molar-refractivity contribution in [3.63, 3.8) is 0 Å². The highest BCUT2D eigenvalue weighted by Gasteiger charge is 2.21. The molecule has 1 aliphatic rings. The normalized spacial score (nSPS) is 15.1. The van der Waals surface area contributed by atoms with Gasteiger partial charge in [-0.25, -0.2) is 0 Å². The number of carbonyl (C=O) groups is 1. The Bertz CT molecular complexity index is 621. The van der Waals surface area contributed by atoms with Gasteiger partial charge in [0.2, 0.25) is 5.91 Å². The number of anilines is 1. The molecule has 1 aromatic carbocycles. The summed E-state index contributed by atoms with van der Waals surface area (Å²) in [6, 6.07) is 10.00. The number of piperazine rings is 1. The fourth-order valence-corrected chi connectivity index (χ4v) is 3.62. The minimum absolute atomic E-state index is 0.261. The number of rotatable bonds is 4. The van der Waals surface area contributed by atoms with Crippen LogP contribution in [-0.4, -0.2) is 37.0 Å². The molecule has 0 N–H and O–H groups in total. The molecule has 0 aliphatic carbocycles. The van der Waals surface area contributed by atoms with Gasteiger partial charge in [0.05, 0.1) is 0 Å². The van der Waals surface area contributed by atoms with Gasteiger partial charge in [0.1, 0.15) is 0 Å². The van der Waals surface area contributed by atoms with Crippen molar-refractivity contribution in [1.82, 2.24) is 4.90 Å². The average molecular weight is 335 g/mol. The lowest BCUT2D eigenvalue weighted by molar-refractivity contribution is -0.131. The van der Waals surface area contributed by atoms with Crippen LogP contribution in [0.25, 0.3) is 0 Å². The zero-order valence-electron chi connectivity index (χ0n) is 12.4. The van der Waals surface area contributed by atoms with Crippen LogP contribution in [0.3, 0.4) is 0 Å². The quantitative estimate of drug-likeness (QED) is 0.851. The Morgan fingerprint density at radius 1 is 1.18 bits per heavy atom. The van der Waals surface area contributed by atoms with E-state index in [0.717, 1.165) is 43.3 Å². The Morgan fingerprint density at radius 2 is 2.00 bits per heavy atom. The summed E-state index contributed by atoms with van der Waals surface area (Å²) in [6.45, 7) is 3.30. The first-order valence-electron chi connectivity index (χ1n) is 7.52. The number of aryl methyl sites for hydroxylation is 1. The molecule has 2 aromatic rings. The van der Waals surface area contributed by atoms with Crippen LogP contribution >= 0.6 is 22.9 Å². The second-order valence-electron chi connectivity index (χ2n) is 5.48. The van der Waals surface area contributed by atoms with Gasteiger partial charge in [-0.05, 0) is 47.0 Å². The predicted octanol–water partition coefficient (Wildman–Crippen LogP) is 3.68. The van der Waals surface area contributed by atoms with Crippen LogP contribution in [0.4, 0.5) is 5.69 Å². The van der Waals surface area contributed by atoms with E-state index in [2.05, 4.69) is 27.8 Å². The molecule has 22 heavy (non-hydrogen) atoms. The van der Waals surface area contributed by atoms with Crippen LogP contribution in [-0.2, 0) is 11.2 Å². The molecule has 3 rings (SSSR count). The van der Waals surface area contributed by atoms with E-state index < -0.39 is 0 Å². The van der Waals surface area contributed by atoms with E-state index in [0.29, 0.717) is 6.42 Å². The largest absolute Gasteiger partial charge is 0.368 e. The molecule has 5 heteroatoms. The molecule has 2 heterocycles. The zero-order chi connectivity index (χ0) is 15.4. The molecular weight excluding hydrogens is 316 g/mol. The van der Waals surface area contributed by atoms with Gasteiger partial charge in [-0.15, -0.1) is 0 Å². The second kappa shape index (κ2) is 7.16. The summed E-state index contributed by atoms with van der Waals surface area (Å²) in [7, 11) is 0. The summed E-state index contributed by atoms with van der Waals surface area (Å²) in [4.78, 5) is 16.5. The molecule has 0 bridgehead atoms. The summed E-state index contributed by atoms with van der Waals surface area (Å²) in [6.07, 6.45) is 1.45. The molecule has 1 amide bonds. The summed E-state index contributed by atoms with van der Waals surface area (Å²) in [5, 5.41) is 4.93. The van der Waals surface area contributed by atoms with Crippen LogP contribution in [0.15, 0.2) is 41.1 Å². The van der Waals surface area contributed by atoms with Gasteiger partial charge in [0.15, 0.2) is 0 Å². The molecule has 1 aliphatic heterocycles. The van der Waals surface area contributed by atoms with Crippen molar-refractivity contribution in [2.24, 2.45) is 0 Å². The molecule has 0 radical (unpaired) electrons. The van der Waals surface area contributed by atoms with Gasteiger partial charge < -0.3 is 9.80 Å². The van der Waals surface area contributed by atoms with Crippen molar-refractivity contribution >= 4 is 34.5 Å². The van der Waals surface area contributed by atoms with Gasteiger partial charge in [-0.3, -0.25) is 4.79 Å². The van der Waals surface area contributed by atoms with Crippen molar-refractivity contribution in [2.75, 3.05) is 31.1 Å². The third-order valence-corrected chi connectivity index (χ3v) is 4.98. The molecular formula is C17H19ClN2OS. The van der Waals surface area contributed by atoms with E-state index >= 15 is 0 Å². The van der Waals surface area contributed by atoms with Crippen molar-refractivity contribution in [3.8, 4) is 0 Å². The SMILES string of the molecule is O=C(CCc1ccsc1)N1CCN(c2cccc(Cl)c2)CC1. The highest BCUT2D eigenvalue weighted by Crippen LogP contribution is 2.21. The molecule has 0 unspecified atom stereocenters. The maximum atomic E-state index is 12.3. The minimum Gasteiger partial charge on any atom is -0.368 e. The Kier molecular flexibility index (Phi) is 5.01. The summed E-state index contributed by atoms with van der Waals surface area (Å²) < 4.78 is 0. The maximum Gasteiger partial charge on any atom is 0.223 e. The highest BCUT2D eigenvalue weighted by atomic mass is 35.5. The van der Waals surface area contributed by atoms with Crippen molar-refractivity contribution < 1.29 is 4.79 Å². The molecule has 0 atom stereocenters. The number of hydrogen-bond acceptors (Lipinski definition) is 3. The first-order valence-corrected chi connectivity index (χ1v) is 8.84. The van der Waals surface area contributed by atoms with E-state index in [1.54, 1.807) is 11.3 Å². The van der Waals surface area contributed by atoms with Crippen LogP contribution in [0, 0.1) is 0 Å². The van der Waals surface area contributed by atoms with E-state index in [1.807, 2.05) is 23.1 Å². The van der Waals surface area contributed by atoms with Gasteiger partial charge in [0.25, 0.3) is 0 Å². The van der Waals surface area contributed by atoms with Crippen molar-refractivity contribution in [3.05, 3.63) is 51.7 Å². The molecule has 1 aromatic heterocycles. The van der Waals surface area contributed by atoms with Gasteiger partial charge >= 0.3 is 0 Å². The Labute approximate surface area is 140 Å². The fraction of sp³-hybridized carbons (Fsp3) is 0.353. The van der Waals surface area contributed by atoms with E-state index in [-0.39, 0.29) is 5.91 Å². The number of hydrogen-bond donors (Lipinski definition) is 0. The molecule has 116 valence electrons. The molecule has 0 saturated carbocycles. The molecule has 0 spiro atoms. The number of benzene rings is 1. The van der Waals surface area contributed by atoms with E-state index in [4.69, 9.17) is 11.6 Å². The van der Waals surface area contributed by atoms with Crippen molar-refractivity contribution in [1.29, 1.82) is 0 Å². The molecule has 1 saturated heterocycles. The highest BCUT2D eigenvalue weighted by molar-refractivity contribution is 7.07. The average Bonchev–Trinajstić information content (AvgIpc) is 3.06. The fourth-order valence-electron chi connectivity index (χ4n) is 2.73. The lowest BCUT2D eigenvalue weighted by Gasteiger charge is -2.36. The Balaban J connectivity index is 1.49. The van der Waals surface area contributed by atoms with Gasteiger partial charge in [0, 0.05) is 43.3 Å². The molecule has 1 fully saturated rings. The van der Waals surface area contributed by atoms with Crippen molar-refractivity contribution in [2.45, 2.75) is 12.8 Å². The number of carbonyl (C=O) groups excluding carboxylic acids is 1. The topological polar surface area (TPSA) is 23.6 Å². The number of thiophene rings is 1. The maximum absolute atomic E-state index is 12.3. The number of amides is 1.